The number of hydrogen-bond donors (Lipinski definition) is 0. The molecule has 0 aliphatic rings. The minimum absolute atomic E-state index is 0.0510. The minimum Gasteiger partial charge on any atom is -0.298 e. The lowest BCUT2D eigenvalue weighted by molar-refractivity contribution is 0.363. The van der Waals surface area contributed by atoms with Crippen molar-refractivity contribution in [1.82, 2.24) is 4.90 Å². The second-order valence-electron chi connectivity index (χ2n) is 8.83. The highest BCUT2D eigenvalue weighted by Gasteiger charge is 2.03. The van der Waals surface area contributed by atoms with Gasteiger partial charge in [-0.15, -0.1) is 0 Å². The van der Waals surface area contributed by atoms with Gasteiger partial charge in [-0.25, -0.2) is 0 Å². The highest BCUT2D eigenvalue weighted by molar-refractivity contribution is 7.08. The number of allylic oxidation sites excluding steroid dienone is 1. The first-order valence-electron chi connectivity index (χ1n) is 10.6. The minimum atomic E-state index is 0.0510. The van der Waals surface area contributed by atoms with Gasteiger partial charge in [0.2, 0.25) is 0 Å². The molecule has 0 N–H and O–H groups in total. The Labute approximate surface area is 191 Å². The van der Waals surface area contributed by atoms with Crippen LogP contribution in [0.4, 0.5) is 0 Å². The summed E-state index contributed by atoms with van der Waals surface area (Å²) in [7, 11) is 2.14. The molecule has 0 fully saturated rings. The number of rotatable bonds is 7. The monoisotopic (exact) mass is 425 g/mol. The maximum absolute atomic E-state index is 3.23. The van der Waals surface area contributed by atoms with Crippen LogP contribution in [0.1, 0.15) is 37.5 Å². The van der Waals surface area contributed by atoms with Crippen molar-refractivity contribution in [3.05, 3.63) is 94.2 Å². The molecule has 3 rings (SSSR count). The molecular formula is C29H31NS. The molecule has 0 unspecified atom stereocenters. The third-order valence-electron chi connectivity index (χ3n) is 4.68. The molecule has 0 saturated heterocycles. The molecule has 0 aliphatic carbocycles. The van der Waals surface area contributed by atoms with Crippen LogP contribution in [0.5, 0.6) is 0 Å². The molecule has 0 bridgehead atoms. The molecule has 1 heterocycles. The Bertz CT molecular complexity index is 1090. The van der Waals surface area contributed by atoms with Crippen LogP contribution in [0.2, 0.25) is 0 Å². The number of likely N-dealkylation sites (N-methyl/N-ethyl adjacent to an activating group) is 1. The molecule has 0 atom stereocenters. The highest BCUT2D eigenvalue weighted by atomic mass is 32.1. The summed E-state index contributed by atoms with van der Waals surface area (Å²) in [5.74, 6) is 6.36. The fourth-order valence-electron chi connectivity index (χ4n) is 3.16. The molecular weight excluding hydrogens is 394 g/mol. The molecule has 1 nitrogen and oxygen atoms in total. The largest absolute Gasteiger partial charge is 0.298 e. The molecule has 1 aromatic heterocycles. The van der Waals surface area contributed by atoms with Gasteiger partial charge < -0.3 is 0 Å². The predicted molar refractivity (Wildman–Crippen MR) is 138 cm³/mol. The number of benzene rings is 2. The van der Waals surface area contributed by atoms with Gasteiger partial charge in [0.1, 0.15) is 0 Å². The zero-order valence-corrected chi connectivity index (χ0v) is 19.7. The average molecular weight is 426 g/mol. The van der Waals surface area contributed by atoms with Gasteiger partial charge in [0.15, 0.2) is 0 Å². The topological polar surface area (TPSA) is 3.24 Å². The van der Waals surface area contributed by atoms with Crippen molar-refractivity contribution in [2.24, 2.45) is 5.41 Å². The van der Waals surface area contributed by atoms with E-state index in [4.69, 9.17) is 0 Å². The summed E-state index contributed by atoms with van der Waals surface area (Å²) in [6.07, 6.45) is 8.47. The second-order valence-corrected chi connectivity index (χ2v) is 9.61. The normalized spacial score (nSPS) is 11.9. The third-order valence-corrected chi connectivity index (χ3v) is 5.36. The van der Waals surface area contributed by atoms with Crippen molar-refractivity contribution in [3.63, 3.8) is 0 Å². The summed E-state index contributed by atoms with van der Waals surface area (Å²) < 4.78 is 0. The highest BCUT2D eigenvalue weighted by Crippen LogP contribution is 2.23. The summed E-state index contributed by atoms with van der Waals surface area (Å²) in [6.45, 7) is 8.17. The predicted octanol–water partition coefficient (Wildman–Crippen LogP) is 7.62. The van der Waals surface area contributed by atoms with Crippen LogP contribution in [-0.4, -0.2) is 18.5 Å². The summed E-state index contributed by atoms with van der Waals surface area (Å²) >= 11 is 1.73. The van der Waals surface area contributed by atoms with Crippen molar-refractivity contribution in [2.75, 3.05) is 13.6 Å². The summed E-state index contributed by atoms with van der Waals surface area (Å²) in [5, 5.41) is 4.31. The fourth-order valence-corrected chi connectivity index (χ4v) is 3.83. The van der Waals surface area contributed by atoms with E-state index in [1.807, 2.05) is 6.08 Å². The van der Waals surface area contributed by atoms with E-state index in [-0.39, 0.29) is 5.41 Å². The lowest BCUT2D eigenvalue weighted by atomic mass is 9.98. The van der Waals surface area contributed by atoms with Crippen molar-refractivity contribution in [2.45, 2.75) is 27.3 Å². The van der Waals surface area contributed by atoms with E-state index in [1.54, 1.807) is 11.3 Å². The van der Waals surface area contributed by atoms with Crippen LogP contribution in [-0.2, 0) is 6.54 Å². The molecule has 31 heavy (non-hydrogen) atoms. The summed E-state index contributed by atoms with van der Waals surface area (Å²) in [4.78, 5) is 2.29. The first kappa shape index (κ1) is 22.8. The van der Waals surface area contributed by atoms with Crippen LogP contribution in [0.15, 0.2) is 77.5 Å². The van der Waals surface area contributed by atoms with E-state index >= 15 is 0 Å². The number of nitrogens with zero attached hydrogens (tertiary/aromatic N) is 1. The first-order valence-corrected chi connectivity index (χ1v) is 11.6. The molecule has 158 valence electrons. The zero-order valence-electron chi connectivity index (χ0n) is 18.9. The molecule has 0 aliphatic heterocycles. The van der Waals surface area contributed by atoms with Gasteiger partial charge in [-0.05, 0) is 84.6 Å². The number of thiophene rings is 1. The van der Waals surface area contributed by atoms with E-state index in [0.717, 1.165) is 13.1 Å². The van der Waals surface area contributed by atoms with E-state index in [1.165, 1.54) is 27.8 Å². The van der Waals surface area contributed by atoms with E-state index in [2.05, 4.69) is 128 Å². The smallest absolute Gasteiger partial charge is 0.0234 e. The van der Waals surface area contributed by atoms with E-state index in [9.17, 15) is 0 Å². The lowest BCUT2D eigenvalue weighted by Gasteiger charge is -2.14. The van der Waals surface area contributed by atoms with Crippen LogP contribution in [0.25, 0.3) is 23.3 Å². The van der Waals surface area contributed by atoms with Gasteiger partial charge >= 0.3 is 0 Å². The third kappa shape index (κ3) is 8.06. The van der Waals surface area contributed by atoms with E-state index < -0.39 is 0 Å². The van der Waals surface area contributed by atoms with Gasteiger partial charge in [-0.2, -0.15) is 11.3 Å². The molecule has 0 amide bonds. The summed E-state index contributed by atoms with van der Waals surface area (Å²) in [6, 6.07) is 19.6. The molecule has 3 aromatic rings. The Balaban J connectivity index is 1.59. The van der Waals surface area contributed by atoms with Gasteiger partial charge in [-0.3, -0.25) is 4.90 Å². The van der Waals surface area contributed by atoms with Crippen LogP contribution in [0, 0.1) is 17.3 Å². The maximum Gasteiger partial charge on any atom is 0.0234 e. The molecule has 0 saturated carbocycles. The van der Waals surface area contributed by atoms with Gasteiger partial charge in [0.05, 0.1) is 0 Å². The lowest BCUT2D eigenvalue weighted by Crippen LogP contribution is -2.17. The summed E-state index contributed by atoms with van der Waals surface area (Å²) in [5.41, 5.74) is 6.34. The fraction of sp³-hybridized carbons (Fsp3) is 0.241. The van der Waals surface area contributed by atoms with Crippen LogP contribution in [0.3, 0.4) is 0 Å². The van der Waals surface area contributed by atoms with E-state index in [0.29, 0.717) is 0 Å². The molecule has 2 heteroatoms. The Kier molecular flexibility index (Phi) is 8.06. The first-order chi connectivity index (χ1) is 14.9. The Morgan fingerprint density at radius 2 is 1.68 bits per heavy atom. The van der Waals surface area contributed by atoms with Crippen molar-refractivity contribution >= 4 is 23.5 Å². The van der Waals surface area contributed by atoms with Gasteiger partial charge in [0, 0.05) is 18.5 Å². The van der Waals surface area contributed by atoms with Crippen LogP contribution >= 0.6 is 11.3 Å². The van der Waals surface area contributed by atoms with Gasteiger partial charge in [-0.1, -0.05) is 72.5 Å². The van der Waals surface area contributed by atoms with Crippen LogP contribution < -0.4 is 0 Å². The Morgan fingerprint density at radius 3 is 2.39 bits per heavy atom. The average Bonchev–Trinajstić information content (AvgIpc) is 3.27. The van der Waals surface area contributed by atoms with Crippen molar-refractivity contribution < 1.29 is 0 Å². The maximum atomic E-state index is 3.23. The quantitative estimate of drug-likeness (QED) is 0.278. The number of hydrogen-bond acceptors (Lipinski definition) is 2. The Hall–Kier alpha value is -2.86. The zero-order chi connectivity index (χ0) is 22.1. The van der Waals surface area contributed by atoms with Crippen molar-refractivity contribution in [1.29, 1.82) is 0 Å². The van der Waals surface area contributed by atoms with Crippen molar-refractivity contribution in [3.8, 4) is 23.0 Å². The molecule has 0 radical (unpaired) electrons. The Morgan fingerprint density at radius 1 is 0.935 bits per heavy atom. The van der Waals surface area contributed by atoms with Gasteiger partial charge in [0.25, 0.3) is 0 Å². The second kappa shape index (κ2) is 11.0. The SMILES string of the molecule is CN(C/C=C/C#CC(C)(C)C)Cc1cccc(/C=C/c2cccc(-c3ccsc3)c2)c1. The molecule has 2 aromatic carbocycles. The molecule has 0 spiro atoms. The standard InChI is InChI=1S/C29H31NS/c1-29(2,3)17-6-5-7-18-30(4)22-26-12-8-10-24(20-26)14-15-25-11-9-13-27(21-25)28-16-19-31-23-28/h5,7-16,19-21,23H,18,22H2,1-4H3/b7-5+,15-14+.